The van der Waals surface area contributed by atoms with Crippen LogP contribution in [0.2, 0.25) is 0 Å². The van der Waals surface area contributed by atoms with Gasteiger partial charge in [0.25, 0.3) is 0 Å². The Morgan fingerprint density at radius 3 is 2.84 bits per heavy atom. The molecule has 2 heterocycles. The largest absolute Gasteiger partial charge is 0.393 e. The lowest BCUT2D eigenvalue weighted by molar-refractivity contribution is -0.384. The van der Waals surface area contributed by atoms with Gasteiger partial charge in [-0.3, -0.25) is 10.1 Å². The monoisotopic (exact) mass is 275 g/mol. The number of rotatable bonds is 2. The van der Waals surface area contributed by atoms with E-state index < -0.39 is 17.0 Å². The number of pyridine rings is 1. The quantitative estimate of drug-likeness (QED) is 0.615. The highest BCUT2D eigenvalue weighted by Gasteiger charge is 2.42. The lowest BCUT2D eigenvalue weighted by Crippen LogP contribution is -2.42. The van der Waals surface area contributed by atoms with Gasteiger partial charge in [0.15, 0.2) is 0 Å². The zero-order chi connectivity index (χ0) is 14.0. The number of alkyl halides is 3. The Balaban J connectivity index is 2.25. The average molecular weight is 275 g/mol. The van der Waals surface area contributed by atoms with E-state index >= 15 is 0 Å². The van der Waals surface area contributed by atoms with Crippen molar-refractivity contribution >= 4 is 11.5 Å². The second kappa shape index (κ2) is 5.02. The molecule has 5 nitrogen and oxygen atoms in total. The number of halogens is 3. The molecule has 0 N–H and O–H groups in total. The predicted molar refractivity (Wildman–Crippen MR) is 61.9 cm³/mol. The Morgan fingerprint density at radius 1 is 1.47 bits per heavy atom. The molecule has 104 valence electrons. The third kappa shape index (κ3) is 2.94. The maximum Gasteiger partial charge on any atom is 0.393 e. The summed E-state index contributed by atoms with van der Waals surface area (Å²) in [6, 6.07) is 2.65. The van der Waals surface area contributed by atoms with Crippen molar-refractivity contribution in [2.75, 3.05) is 18.0 Å². The summed E-state index contributed by atoms with van der Waals surface area (Å²) in [5, 5.41) is 10.9. The van der Waals surface area contributed by atoms with Crippen LogP contribution in [0.3, 0.4) is 0 Å². The van der Waals surface area contributed by atoms with Gasteiger partial charge in [-0.15, -0.1) is 0 Å². The molecule has 8 heteroatoms. The first-order valence-corrected chi connectivity index (χ1v) is 5.80. The molecule has 1 aromatic heterocycles. The Kier molecular flexibility index (Phi) is 3.59. The third-order valence-corrected chi connectivity index (χ3v) is 3.15. The number of nitro groups is 1. The van der Waals surface area contributed by atoms with E-state index in [2.05, 4.69) is 4.98 Å². The molecule has 1 saturated heterocycles. The lowest BCUT2D eigenvalue weighted by atomic mass is 9.97. The van der Waals surface area contributed by atoms with Crippen LogP contribution in [0.4, 0.5) is 24.7 Å². The molecule has 0 aliphatic carbocycles. The van der Waals surface area contributed by atoms with Gasteiger partial charge in [-0.1, -0.05) is 0 Å². The standard InChI is InChI=1S/C11H12F3N3O2/c12-11(13,14)8-3-2-6-16(7-8)10-9(17(18)19)4-1-5-15-10/h1,4-5,8H,2-3,6-7H2. The number of aromatic nitrogens is 1. The first-order valence-electron chi connectivity index (χ1n) is 5.80. The second-order valence-corrected chi connectivity index (χ2v) is 4.43. The molecule has 0 spiro atoms. The van der Waals surface area contributed by atoms with Crippen molar-refractivity contribution in [3.63, 3.8) is 0 Å². The first kappa shape index (κ1) is 13.6. The average Bonchev–Trinajstić information content (AvgIpc) is 2.38. The Labute approximate surface area is 107 Å². The van der Waals surface area contributed by atoms with Crippen LogP contribution in [0, 0.1) is 16.0 Å². The summed E-state index contributed by atoms with van der Waals surface area (Å²) in [5.41, 5.74) is -0.259. The Hall–Kier alpha value is -1.86. The molecule has 0 amide bonds. The van der Waals surface area contributed by atoms with E-state index in [1.54, 1.807) is 0 Å². The predicted octanol–water partition coefficient (Wildman–Crippen LogP) is 2.77. The van der Waals surface area contributed by atoms with Crippen LogP contribution in [0.25, 0.3) is 0 Å². The number of hydrogen-bond acceptors (Lipinski definition) is 4. The number of piperidine rings is 1. The Bertz CT molecular complexity index is 478. The normalized spacial score (nSPS) is 20.4. The topological polar surface area (TPSA) is 59.3 Å². The minimum Gasteiger partial charge on any atom is -0.350 e. The van der Waals surface area contributed by atoms with E-state index in [1.165, 1.54) is 23.2 Å². The second-order valence-electron chi connectivity index (χ2n) is 4.43. The third-order valence-electron chi connectivity index (χ3n) is 3.15. The summed E-state index contributed by atoms with van der Waals surface area (Å²) in [6.45, 7) is 0.0752. The van der Waals surface area contributed by atoms with Gasteiger partial charge < -0.3 is 4.90 Å². The highest BCUT2D eigenvalue weighted by molar-refractivity contribution is 5.57. The fourth-order valence-corrected chi connectivity index (χ4v) is 2.21. The van der Waals surface area contributed by atoms with Crippen molar-refractivity contribution < 1.29 is 18.1 Å². The van der Waals surface area contributed by atoms with Gasteiger partial charge in [-0.2, -0.15) is 13.2 Å². The van der Waals surface area contributed by atoms with Crippen LogP contribution in [0.5, 0.6) is 0 Å². The highest BCUT2D eigenvalue weighted by atomic mass is 19.4. The zero-order valence-corrected chi connectivity index (χ0v) is 9.93. The maximum absolute atomic E-state index is 12.7. The van der Waals surface area contributed by atoms with E-state index in [0.29, 0.717) is 13.0 Å². The van der Waals surface area contributed by atoms with Crippen molar-refractivity contribution in [2.24, 2.45) is 5.92 Å². The van der Waals surface area contributed by atoms with Crippen molar-refractivity contribution in [3.05, 3.63) is 28.4 Å². The van der Waals surface area contributed by atoms with Crippen LogP contribution in [-0.4, -0.2) is 29.2 Å². The molecule has 1 aromatic rings. The number of nitrogens with zero attached hydrogens (tertiary/aromatic N) is 3. The Morgan fingerprint density at radius 2 is 2.21 bits per heavy atom. The van der Waals surface area contributed by atoms with Crippen LogP contribution in [0.15, 0.2) is 18.3 Å². The number of anilines is 1. The maximum atomic E-state index is 12.7. The molecule has 1 fully saturated rings. The molecule has 0 radical (unpaired) electrons. The lowest BCUT2D eigenvalue weighted by Gasteiger charge is -2.34. The van der Waals surface area contributed by atoms with Crippen LogP contribution in [-0.2, 0) is 0 Å². The molecule has 1 atom stereocenters. The minimum absolute atomic E-state index is 0.0152. The molecule has 0 bridgehead atoms. The van der Waals surface area contributed by atoms with E-state index in [4.69, 9.17) is 0 Å². The fraction of sp³-hybridized carbons (Fsp3) is 0.545. The fourth-order valence-electron chi connectivity index (χ4n) is 2.21. The summed E-state index contributed by atoms with van der Waals surface area (Å²) >= 11 is 0. The minimum atomic E-state index is -4.28. The smallest absolute Gasteiger partial charge is 0.350 e. The van der Waals surface area contributed by atoms with Gasteiger partial charge in [0.05, 0.1) is 10.8 Å². The molecule has 0 saturated carbocycles. The SMILES string of the molecule is O=[N+]([O-])c1cccnc1N1CCCC(C(F)(F)F)C1. The summed E-state index contributed by atoms with van der Waals surface area (Å²) in [7, 11) is 0. The number of hydrogen-bond donors (Lipinski definition) is 0. The van der Waals surface area contributed by atoms with E-state index in [0.717, 1.165) is 0 Å². The van der Waals surface area contributed by atoms with Crippen LogP contribution < -0.4 is 4.90 Å². The van der Waals surface area contributed by atoms with Crippen molar-refractivity contribution in [1.82, 2.24) is 4.98 Å². The molecular weight excluding hydrogens is 263 g/mol. The van der Waals surface area contributed by atoms with Gasteiger partial charge in [0.1, 0.15) is 0 Å². The summed E-state index contributed by atoms with van der Waals surface area (Å²) < 4.78 is 38.1. The van der Waals surface area contributed by atoms with Gasteiger partial charge >= 0.3 is 11.9 Å². The van der Waals surface area contributed by atoms with Gasteiger partial charge in [0, 0.05) is 25.4 Å². The van der Waals surface area contributed by atoms with E-state index in [9.17, 15) is 23.3 Å². The molecule has 1 unspecified atom stereocenters. The van der Waals surface area contributed by atoms with Gasteiger partial charge in [-0.05, 0) is 18.9 Å². The van der Waals surface area contributed by atoms with Gasteiger partial charge in [0.2, 0.25) is 5.82 Å². The van der Waals surface area contributed by atoms with Crippen LogP contribution >= 0.6 is 0 Å². The van der Waals surface area contributed by atoms with Crippen molar-refractivity contribution in [1.29, 1.82) is 0 Å². The molecule has 1 aliphatic heterocycles. The van der Waals surface area contributed by atoms with Gasteiger partial charge in [-0.25, -0.2) is 4.98 Å². The van der Waals surface area contributed by atoms with Crippen LogP contribution in [0.1, 0.15) is 12.8 Å². The summed E-state index contributed by atoms with van der Waals surface area (Å²) in [5.74, 6) is -1.44. The summed E-state index contributed by atoms with van der Waals surface area (Å²) in [4.78, 5) is 15.4. The van der Waals surface area contributed by atoms with E-state index in [1.807, 2.05) is 0 Å². The highest BCUT2D eigenvalue weighted by Crippen LogP contribution is 2.36. The molecular formula is C11H12F3N3O2. The zero-order valence-electron chi connectivity index (χ0n) is 9.93. The first-order chi connectivity index (χ1) is 8.89. The molecule has 0 aromatic carbocycles. The van der Waals surface area contributed by atoms with Crippen molar-refractivity contribution in [2.45, 2.75) is 19.0 Å². The molecule has 2 rings (SSSR count). The molecule has 19 heavy (non-hydrogen) atoms. The van der Waals surface area contributed by atoms with E-state index in [-0.39, 0.29) is 24.5 Å². The summed E-state index contributed by atoms with van der Waals surface area (Å²) in [6.07, 6.45) is -2.53. The van der Waals surface area contributed by atoms with Crippen molar-refractivity contribution in [3.8, 4) is 0 Å². The molecule has 1 aliphatic rings.